The van der Waals surface area contributed by atoms with Gasteiger partial charge in [-0.05, 0) is 13.8 Å². The molecule has 14 nitrogen and oxygen atoms in total. The summed E-state index contributed by atoms with van der Waals surface area (Å²) in [4.78, 5) is 0. The van der Waals surface area contributed by atoms with Crippen molar-refractivity contribution < 1.29 is 61.6 Å². The van der Waals surface area contributed by atoms with Gasteiger partial charge in [0.15, 0.2) is 0 Å². The monoisotopic (exact) mass is 631 g/mol. The van der Waals surface area contributed by atoms with Crippen LogP contribution in [-0.4, -0.2) is 178 Å². The van der Waals surface area contributed by atoms with E-state index < -0.39 is 0 Å². The van der Waals surface area contributed by atoms with Crippen LogP contribution in [0.3, 0.4) is 0 Å². The van der Waals surface area contributed by atoms with Crippen LogP contribution >= 0.6 is 0 Å². The minimum atomic E-state index is 0.231. The van der Waals surface area contributed by atoms with Crippen LogP contribution in [0, 0.1) is 0 Å². The number of nitrogens with two attached hydrogens (primary N) is 1. The van der Waals surface area contributed by atoms with Gasteiger partial charge in [0.25, 0.3) is 0 Å². The van der Waals surface area contributed by atoms with Crippen molar-refractivity contribution in [2.24, 2.45) is 5.73 Å². The topological polar surface area (TPSA) is 146 Å². The standard InChI is InChI=1S/C29H61NO13/c1-29(2)43-28-27-42-26-25-41-24-23-40-22-21-39-20-19-38-18-17-37-16-15-36-14-13-35-12-11-34-10-9-33-8-7-32-6-5-31-4-3-30/h29H,3-28,30H2,1-2H3. The molecule has 260 valence electrons. The van der Waals surface area contributed by atoms with E-state index in [0.717, 1.165) is 0 Å². The van der Waals surface area contributed by atoms with Crippen LogP contribution in [0.4, 0.5) is 0 Å². The minimum absolute atomic E-state index is 0.231. The number of hydrogen-bond donors (Lipinski definition) is 1. The van der Waals surface area contributed by atoms with Crippen LogP contribution in [0.5, 0.6) is 0 Å². The summed E-state index contributed by atoms with van der Waals surface area (Å²) in [6.07, 6.45) is 0.231. The van der Waals surface area contributed by atoms with Gasteiger partial charge in [-0.3, -0.25) is 0 Å². The first-order valence-electron chi connectivity index (χ1n) is 15.5. The maximum Gasteiger partial charge on any atom is 0.0703 e. The van der Waals surface area contributed by atoms with Gasteiger partial charge in [-0.15, -0.1) is 0 Å². The highest BCUT2D eigenvalue weighted by molar-refractivity contribution is 4.40. The average molecular weight is 632 g/mol. The molecule has 43 heavy (non-hydrogen) atoms. The van der Waals surface area contributed by atoms with Crippen LogP contribution < -0.4 is 5.73 Å². The van der Waals surface area contributed by atoms with Gasteiger partial charge in [0.05, 0.1) is 171 Å². The molecule has 0 atom stereocenters. The molecule has 0 aliphatic rings. The fourth-order valence-corrected chi connectivity index (χ4v) is 2.95. The van der Waals surface area contributed by atoms with E-state index in [1.54, 1.807) is 0 Å². The highest BCUT2D eigenvalue weighted by Gasteiger charge is 1.97. The first kappa shape index (κ1) is 42.4. The quantitative estimate of drug-likeness (QED) is 0.0943. The first-order chi connectivity index (χ1) is 21.3. The number of ether oxygens (including phenoxy) is 13. The summed E-state index contributed by atoms with van der Waals surface area (Å²) in [6.45, 7) is 17.8. The van der Waals surface area contributed by atoms with E-state index in [1.165, 1.54) is 0 Å². The van der Waals surface area contributed by atoms with E-state index in [-0.39, 0.29) is 6.10 Å². The predicted octanol–water partition coefficient (Wildman–Crippen LogP) is 0.569. The molecule has 0 aromatic rings. The second kappa shape index (κ2) is 39.5. The molecule has 14 heteroatoms. The Morgan fingerprint density at radius 1 is 0.279 bits per heavy atom. The Morgan fingerprint density at radius 3 is 0.605 bits per heavy atom. The van der Waals surface area contributed by atoms with Gasteiger partial charge in [-0.25, -0.2) is 0 Å². The molecule has 0 saturated heterocycles. The smallest absolute Gasteiger partial charge is 0.0703 e. The molecule has 0 fully saturated rings. The van der Waals surface area contributed by atoms with Crippen molar-refractivity contribution in [2.45, 2.75) is 20.0 Å². The fraction of sp³-hybridized carbons (Fsp3) is 1.00. The van der Waals surface area contributed by atoms with E-state index in [0.29, 0.717) is 172 Å². The van der Waals surface area contributed by atoms with Gasteiger partial charge in [0.1, 0.15) is 0 Å². The lowest BCUT2D eigenvalue weighted by Gasteiger charge is -2.09. The maximum absolute atomic E-state index is 5.47. The van der Waals surface area contributed by atoms with E-state index >= 15 is 0 Å². The van der Waals surface area contributed by atoms with E-state index in [2.05, 4.69) is 0 Å². The van der Waals surface area contributed by atoms with Gasteiger partial charge in [0.2, 0.25) is 0 Å². The SMILES string of the molecule is CC(C)OCCOCCOCCOCCOCCOCCOCCOCCOCCOCCOCCOCCOCCN. The van der Waals surface area contributed by atoms with Crippen molar-refractivity contribution in [1.82, 2.24) is 0 Å². The first-order valence-corrected chi connectivity index (χ1v) is 15.5. The molecule has 0 unspecified atom stereocenters. The Morgan fingerprint density at radius 2 is 0.442 bits per heavy atom. The second-order valence-corrected chi connectivity index (χ2v) is 9.06. The Labute approximate surface area is 259 Å². The zero-order chi connectivity index (χ0) is 31.2. The summed E-state index contributed by atoms with van der Waals surface area (Å²) in [5.74, 6) is 0. The molecule has 0 heterocycles. The summed E-state index contributed by atoms with van der Waals surface area (Å²) in [7, 11) is 0. The summed E-state index contributed by atoms with van der Waals surface area (Å²) < 4.78 is 70.5. The van der Waals surface area contributed by atoms with Crippen molar-refractivity contribution in [3.05, 3.63) is 0 Å². The number of rotatable bonds is 39. The zero-order valence-electron chi connectivity index (χ0n) is 26.8. The molecule has 0 aromatic heterocycles. The summed E-state index contributed by atoms with van der Waals surface area (Å²) in [5, 5.41) is 0. The molecule has 0 rings (SSSR count). The molecule has 0 radical (unpaired) electrons. The Hall–Kier alpha value is -0.560. The van der Waals surface area contributed by atoms with Crippen molar-refractivity contribution in [2.75, 3.05) is 172 Å². The van der Waals surface area contributed by atoms with E-state index in [4.69, 9.17) is 67.3 Å². The van der Waals surface area contributed by atoms with Crippen molar-refractivity contribution in [3.8, 4) is 0 Å². The van der Waals surface area contributed by atoms with E-state index in [1.807, 2.05) is 13.8 Å². The molecule has 0 aromatic carbocycles. The molecule has 0 amide bonds. The second-order valence-electron chi connectivity index (χ2n) is 9.06. The third-order valence-electron chi connectivity index (χ3n) is 5.03. The molecule has 0 bridgehead atoms. The van der Waals surface area contributed by atoms with Crippen molar-refractivity contribution >= 4 is 0 Å². The van der Waals surface area contributed by atoms with Crippen molar-refractivity contribution in [3.63, 3.8) is 0 Å². The number of hydrogen-bond acceptors (Lipinski definition) is 14. The third-order valence-corrected chi connectivity index (χ3v) is 5.03. The van der Waals surface area contributed by atoms with Gasteiger partial charge in [-0.2, -0.15) is 0 Å². The zero-order valence-corrected chi connectivity index (χ0v) is 26.8. The molecule has 0 saturated carbocycles. The summed E-state index contributed by atoms with van der Waals surface area (Å²) in [6, 6.07) is 0. The maximum atomic E-state index is 5.47. The predicted molar refractivity (Wildman–Crippen MR) is 160 cm³/mol. The highest BCUT2D eigenvalue weighted by atomic mass is 16.6. The van der Waals surface area contributed by atoms with Crippen molar-refractivity contribution in [1.29, 1.82) is 0 Å². The molecule has 2 N–H and O–H groups in total. The lowest BCUT2D eigenvalue weighted by molar-refractivity contribution is -0.0297. The highest BCUT2D eigenvalue weighted by Crippen LogP contribution is 1.89. The molecule has 0 aliphatic carbocycles. The van der Waals surface area contributed by atoms with Crippen LogP contribution in [-0.2, 0) is 61.6 Å². The van der Waals surface area contributed by atoms with Gasteiger partial charge >= 0.3 is 0 Å². The Bertz CT molecular complexity index is 495. The van der Waals surface area contributed by atoms with Crippen LogP contribution in [0.2, 0.25) is 0 Å². The normalized spacial score (nSPS) is 11.7. The molecular weight excluding hydrogens is 570 g/mol. The summed E-state index contributed by atoms with van der Waals surface area (Å²) in [5.41, 5.74) is 5.33. The average Bonchev–Trinajstić information content (AvgIpc) is 3.00. The molecule has 0 spiro atoms. The largest absolute Gasteiger partial charge is 0.378 e. The Kier molecular flexibility index (Phi) is 39.0. The van der Waals surface area contributed by atoms with Gasteiger partial charge < -0.3 is 67.3 Å². The van der Waals surface area contributed by atoms with E-state index in [9.17, 15) is 0 Å². The van der Waals surface area contributed by atoms with Gasteiger partial charge in [-0.1, -0.05) is 0 Å². The minimum Gasteiger partial charge on any atom is -0.378 e. The Balaban J connectivity index is 3.03. The third kappa shape index (κ3) is 41.4. The summed E-state index contributed by atoms with van der Waals surface area (Å²) >= 11 is 0. The lowest BCUT2D eigenvalue weighted by Crippen LogP contribution is -2.16. The lowest BCUT2D eigenvalue weighted by atomic mass is 10.5. The fourth-order valence-electron chi connectivity index (χ4n) is 2.95. The van der Waals surface area contributed by atoms with Crippen LogP contribution in [0.1, 0.15) is 13.8 Å². The molecule has 0 aliphatic heterocycles. The van der Waals surface area contributed by atoms with Crippen LogP contribution in [0.25, 0.3) is 0 Å². The molecular formula is C29H61NO13. The van der Waals surface area contributed by atoms with Gasteiger partial charge in [0, 0.05) is 6.54 Å². The van der Waals surface area contributed by atoms with Crippen LogP contribution in [0.15, 0.2) is 0 Å².